The fraction of sp³-hybridized carbons (Fsp3) is 0.333. The smallest absolute Gasteiger partial charge is 0.174 e. The average Bonchev–Trinajstić information content (AvgIpc) is 2.83. The van der Waals surface area contributed by atoms with Gasteiger partial charge in [0.2, 0.25) is 0 Å². The highest BCUT2D eigenvalue weighted by molar-refractivity contribution is 6.33. The van der Waals surface area contributed by atoms with E-state index in [4.69, 9.17) is 16.3 Å². The van der Waals surface area contributed by atoms with Crippen molar-refractivity contribution in [3.63, 3.8) is 0 Å². The van der Waals surface area contributed by atoms with Crippen molar-refractivity contribution in [2.24, 2.45) is 0 Å². The summed E-state index contributed by atoms with van der Waals surface area (Å²) in [4.78, 5) is 2.30. The summed E-state index contributed by atoms with van der Waals surface area (Å²) >= 11 is 6.29. The van der Waals surface area contributed by atoms with E-state index in [2.05, 4.69) is 22.1 Å². The fourth-order valence-corrected chi connectivity index (χ4v) is 4.03. The van der Waals surface area contributed by atoms with Crippen molar-refractivity contribution >= 4 is 11.6 Å². The molecule has 4 rings (SSSR count). The van der Waals surface area contributed by atoms with Crippen LogP contribution >= 0.6 is 11.6 Å². The topological polar surface area (TPSA) is 44.7 Å². The van der Waals surface area contributed by atoms with Crippen LogP contribution in [0, 0.1) is 17.7 Å². The molecule has 2 aliphatic rings. The Labute approximate surface area is 162 Å². The number of fused-ring (bicyclic) bond motifs is 2. The molecule has 1 fully saturated rings. The van der Waals surface area contributed by atoms with E-state index in [1.807, 2.05) is 6.07 Å². The lowest BCUT2D eigenvalue weighted by Crippen LogP contribution is -2.52. The molecule has 0 radical (unpaired) electrons. The van der Waals surface area contributed by atoms with E-state index in [0.29, 0.717) is 18.7 Å². The van der Waals surface area contributed by atoms with Crippen molar-refractivity contribution in [3.05, 3.63) is 46.2 Å². The highest BCUT2D eigenvalue weighted by atomic mass is 35.5. The summed E-state index contributed by atoms with van der Waals surface area (Å²) in [6.45, 7) is 5.31. The van der Waals surface area contributed by atoms with Gasteiger partial charge < -0.3 is 15.2 Å². The van der Waals surface area contributed by atoms with Gasteiger partial charge in [0.05, 0.1) is 11.1 Å². The molecule has 2 aromatic carbocycles. The van der Waals surface area contributed by atoms with E-state index in [-0.39, 0.29) is 33.7 Å². The first-order valence-electron chi connectivity index (χ1n) is 8.93. The molecular formula is C21H20ClFN2O2. The van der Waals surface area contributed by atoms with Crippen molar-refractivity contribution in [3.8, 4) is 34.5 Å². The van der Waals surface area contributed by atoms with E-state index in [0.717, 1.165) is 25.2 Å². The minimum absolute atomic E-state index is 0.0873. The second-order valence-electron chi connectivity index (χ2n) is 6.75. The zero-order chi connectivity index (χ0) is 19.0. The number of piperazine rings is 1. The minimum atomic E-state index is -0.526. The lowest BCUT2D eigenvalue weighted by Gasteiger charge is -2.33. The van der Waals surface area contributed by atoms with Gasteiger partial charge in [-0.15, -0.1) is 5.92 Å². The molecule has 6 heteroatoms. The molecule has 1 atom stereocenters. The molecule has 0 unspecified atom stereocenters. The number of hydrogen-bond donors (Lipinski definition) is 2. The molecule has 0 bridgehead atoms. The van der Waals surface area contributed by atoms with E-state index in [1.165, 1.54) is 6.07 Å². The maximum absolute atomic E-state index is 15.6. The van der Waals surface area contributed by atoms with Crippen LogP contribution in [0.15, 0.2) is 24.3 Å². The summed E-state index contributed by atoms with van der Waals surface area (Å²) in [6.07, 6.45) is 0. The first kappa shape index (κ1) is 18.1. The van der Waals surface area contributed by atoms with Crippen molar-refractivity contribution in [1.82, 2.24) is 10.2 Å². The second kappa shape index (κ2) is 7.40. The quantitative estimate of drug-likeness (QED) is 0.737. The number of phenols is 1. The largest absolute Gasteiger partial charge is 0.507 e. The van der Waals surface area contributed by atoms with Gasteiger partial charge in [0, 0.05) is 48.4 Å². The van der Waals surface area contributed by atoms with E-state index < -0.39 is 5.82 Å². The van der Waals surface area contributed by atoms with E-state index in [9.17, 15) is 5.11 Å². The van der Waals surface area contributed by atoms with Crippen LogP contribution in [-0.2, 0) is 6.54 Å². The number of halogens is 2. The predicted octanol–water partition coefficient (Wildman–Crippen LogP) is 3.39. The third kappa shape index (κ3) is 3.25. The Hall–Kier alpha value is -2.26. The maximum atomic E-state index is 15.6. The van der Waals surface area contributed by atoms with Crippen LogP contribution in [0.25, 0.3) is 11.1 Å². The number of aromatic hydroxyl groups is 1. The zero-order valence-electron chi connectivity index (χ0n) is 15.0. The van der Waals surface area contributed by atoms with Crippen LogP contribution in [0.5, 0.6) is 11.5 Å². The second-order valence-corrected chi connectivity index (χ2v) is 7.16. The molecule has 0 aliphatic carbocycles. The van der Waals surface area contributed by atoms with Crippen LogP contribution in [-0.4, -0.2) is 42.3 Å². The van der Waals surface area contributed by atoms with Gasteiger partial charge in [0.1, 0.15) is 12.4 Å². The number of benzene rings is 2. The first-order valence-corrected chi connectivity index (χ1v) is 9.31. The summed E-state index contributed by atoms with van der Waals surface area (Å²) in [5.41, 5.74) is 1.69. The summed E-state index contributed by atoms with van der Waals surface area (Å²) in [6, 6.07) is 6.79. The average molecular weight is 387 g/mol. The Kier molecular flexibility index (Phi) is 4.96. The van der Waals surface area contributed by atoms with Crippen LogP contribution in [0.1, 0.15) is 18.1 Å². The Morgan fingerprint density at radius 1 is 1.37 bits per heavy atom. The molecule has 2 heterocycles. The molecule has 0 aromatic heterocycles. The number of phenolic OH excluding ortho intramolecular Hbond substituents is 1. The van der Waals surface area contributed by atoms with Crippen molar-refractivity contribution in [2.45, 2.75) is 19.5 Å². The molecule has 0 amide bonds. The molecule has 0 spiro atoms. The normalized spacial score (nSPS) is 19.1. The minimum Gasteiger partial charge on any atom is -0.507 e. The van der Waals surface area contributed by atoms with Gasteiger partial charge in [-0.25, -0.2) is 4.39 Å². The third-order valence-corrected chi connectivity index (χ3v) is 5.38. The Balaban J connectivity index is 1.91. The molecule has 140 valence electrons. The zero-order valence-corrected chi connectivity index (χ0v) is 15.7. The standard InChI is InChI=1S/C21H20ClFN2O2/c1-2-4-13-9-14-11-25-8-7-24-10-15(25)12-27-21(14)20(23)18(13)19-16(22)5-3-6-17(19)26/h3,5-6,9,15,24,26H,7-8,10-12H2,1H3/t15-/m1/s1. The van der Waals surface area contributed by atoms with Gasteiger partial charge in [-0.1, -0.05) is 23.6 Å². The van der Waals surface area contributed by atoms with Crippen LogP contribution in [0.3, 0.4) is 0 Å². The number of nitrogens with one attached hydrogen (secondary N) is 1. The SMILES string of the molecule is CC#Cc1cc2c(c(F)c1-c1c(O)cccc1Cl)OC[C@H]1CNCCN1C2. The van der Waals surface area contributed by atoms with Crippen LogP contribution in [0.4, 0.5) is 4.39 Å². The fourth-order valence-electron chi connectivity index (χ4n) is 3.77. The van der Waals surface area contributed by atoms with Gasteiger partial charge >= 0.3 is 0 Å². The molecule has 2 N–H and O–H groups in total. The van der Waals surface area contributed by atoms with Crippen molar-refractivity contribution in [2.75, 3.05) is 26.2 Å². The number of ether oxygens (including phenoxy) is 1. The predicted molar refractivity (Wildman–Crippen MR) is 104 cm³/mol. The molecule has 27 heavy (non-hydrogen) atoms. The summed E-state index contributed by atoms with van der Waals surface area (Å²) in [7, 11) is 0. The number of hydrogen-bond acceptors (Lipinski definition) is 4. The monoisotopic (exact) mass is 386 g/mol. The highest BCUT2D eigenvalue weighted by Gasteiger charge is 2.31. The van der Waals surface area contributed by atoms with Crippen molar-refractivity contribution < 1.29 is 14.2 Å². The van der Waals surface area contributed by atoms with Gasteiger partial charge in [-0.05, 0) is 25.1 Å². The molecule has 1 saturated heterocycles. The van der Waals surface area contributed by atoms with Crippen LogP contribution < -0.4 is 10.1 Å². The maximum Gasteiger partial charge on any atom is 0.174 e. The van der Waals surface area contributed by atoms with E-state index in [1.54, 1.807) is 19.1 Å². The lowest BCUT2D eigenvalue weighted by atomic mass is 9.95. The third-order valence-electron chi connectivity index (χ3n) is 5.07. The first-order chi connectivity index (χ1) is 13.1. The molecular weight excluding hydrogens is 367 g/mol. The highest BCUT2D eigenvalue weighted by Crippen LogP contribution is 2.43. The molecule has 0 saturated carbocycles. The Bertz CT molecular complexity index is 931. The number of nitrogens with zero attached hydrogens (tertiary/aromatic N) is 1. The van der Waals surface area contributed by atoms with Gasteiger partial charge in [-0.3, -0.25) is 4.90 Å². The Morgan fingerprint density at radius 2 is 2.22 bits per heavy atom. The molecule has 2 aliphatic heterocycles. The summed E-state index contributed by atoms with van der Waals surface area (Å²) in [5.74, 6) is 5.41. The Morgan fingerprint density at radius 3 is 3.00 bits per heavy atom. The van der Waals surface area contributed by atoms with Crippen LogP contribution in [0.2, 0.25) is 5.02 Å². The molecule has 2 aromatic rings. The van der Waals surface area contributed by atoms with E-state index >= 15 is 4.39 Å². The summed E-state index contributed by atoms with van der Waals surface area (Å²) in [5, 5.41) is 13.9. The molecule has 4 nitrogen and oxygen atoms in total. The van der Waals surface area contributed by atoms with Gasteiger partial charge in [-0.2, -0.15) is 0 Å². The van der Waals surface area contributed by atoms with Gasteiger partial charge in [0.15, 0.2) is 11.6 Å². The van der Waals surface area contributed by atoms with Crippen molar-refractivity contribution in [1.29, 1.82) is 0 Å². The lowest BCUT2D eigenvalue weighted by molar-refractivity contribution is 0.119. The van der Waals surface area contributed by atoms with Gasteiger partial charge in [0.25, 0.3) is 0 Å². The summed E-state index contributed by atoms with van der Waals surface area (Å²) < 4.78 is 21.5. The number of rotatable bonds is 1.